The third kappa shape index (κ3) is 3.17. The molecule has 0 heterocycles. The zero-order valence-electron chi connectivity index (χ0n) is 9.42. The van der Waals surface area contributed by atoms with E-state index in [4.69, 9.17) is 5.11 Å². The molecule has 0 atom stereocenters. The maximum absolute atomic E-state index is 13.1. The molecule has 0 saturated heterocycles. The molecule has 1 nitrogen and oxygen atoms in total. The minimum absolute atomic E-state index is 0.0247. The van der Waals surface area contributed by atoms with Crippen molar-refractivity contribution in [3.63, 3.8) is 0 Å². The Hall–Kier alpha value is -1.15. The summed E-state index contributed by atoms with van der Waals surface area (Å²) in [4.78, 5) is 0. The van der Waals surface area contributed by atoms with Crippen LogP contribution in [0, 0.1) is 11.2 Å². The SMILES string of the molecule is CC(C)(C)/C(=C/CO)c1cccc(F)c1. The smallest absolute Gasteiger partial charge is 0.123 e. The van der Waals surface area contributed by atoms with Crippen LogP contribution in [0.1, 0.15) is 26.3 Å². The Morgan fingerprint density at radius 2 is 2.07 bits per heavy atom. The molecule has 0 spiro atoms. The first kappa shape index (κ1) is 11.9. The highest BCUT2D eigenvalue weighted by atomic mass is 19.1. The van der Waals surface area contributed by atoms with E-state index in [9.17, 15) is 4.39 Å². The lowest BCUT2D eigenvalue weighted by Gasteiger charge is -2.23. The molecule has 0 fully saturated rings. The predicted octanol–water partition coefficient (Wildman–Crippen LogP) is 3.25. The molecule has 15 heavy (non-hydrogen) atoms. The Balaban J connectivity index is 3.17. The standard InChI is InChI=1S/C13H17FO/c1-13(2,3)12(7-8-15)10-5-4-6-11(14)9-10/h4-7,9,15H,8H2,1-3H3/b12-7+. The van der Waals surface area contributed by atoms with E-state index >= 15 is 0 Å². The minimum atomic E-state index is -0.249. The Morgan fingerprint density at radius 3 is 2.53 bits per heavy atom. The summed E-state index contributed by atoms with van der Waals surface area (Å²) in [7, 11) is 0. The number of rotatable bonds is 2. The summed E-state index contributed by atoms with van der Waals surface area (Å²) in [5.74, 6) is -0.249. The lowest BCUT2D eigenvalue weighted by molar-refractivity contribution is 0.341. The molecule has 0 saturated carbocycles. The van der Waals surface area contributed by atoms with E-state index in [-0.39, 0.29) is 17.8 Å². The van der Waals surface area contributed by atoms with E-state index in [1.807, 2.05) is 26.8 Å². The number of hydrogen-bond acceptors (Lipinski definition) is 1. The molecule has 1 aromatic rings. The van der Waals surface area contributed by atoms with Crippen LogP contribution < -0.4 is 0 Å². The van der Waals surface area contributed by atoms with Crippen LogP contribution >= 0.6 is 0 Å². The molecule has 82 valence electrons. The average Bonchev–Trinajstić information content (AvgIpc) is 2.12. The van der Waals surface area contributed by atoms with Crippen LogP contribution in [0.4, 0.5) is 4.39 Å². The van der Waals surface area contributed by atoms with E-state index in [0.29, 0.717) is 0 Å². The molecule has 0 aliphatic heterocycles. The third-order valence-electron chi connectivity index (χ3n) is 2.24. The largest absolute Gasteiger partial charge is 0.392 e. The van der Waals surface area contributed by atoms with Gasteiger partial charge in [-0.25, -0.2) is 4.39 Å². The topological polar surface area (TPSA) is 20.2 Å². The van der Waals surface area contributed by atoms with Gasteiger partial charge in [0.15, 0.2) is 0 Å². The number of halogens is 1. The highest BCUT2D eigenvalue weighted by Crippen LogP contribution is 2.33. The summed E-state index contributed by atoms with van der Waals surface area (Å²) in [6, 6.07) is 6.45. The molecule has 2 heteroatoms. The van der Waals surface area contributed by atoms with Gasteiger partial charge in [0.2, 0.25) is 0 Å². The molecular formula is C13H17FO. The van der Waals surface area contributed by atoms with Crippen molar-refractivity contribution < 1.29 is 9.50 Å². The van der Waals surface area contributed by atoms with Crippen LogP contribution in [0.15, 0.2) is 30.3 Å². The van der Waals surface area contributed by atoms with Crippen molar-refractivity contribution in [2.75, 3.05) is 6.61 Å². The van der Waals surface area contributed by atoms with Crippen molar-refractivity contribution in [3.05, 3.63) is 41.7 Å². The number of benzene rings is 1. The van der Waals surface area contributed by atoms with Gasteiger partial charge in [-0.1, -0.05) is 39.0 Å². The maximum Gasteiger partial charge on any atom is 0.123 e. The van der Waals surface area contributed by atoms with Gasteiger partial charge in [0.25, 0.3) is 0 Å². The van der Waals surface area contributed by atoms with Crippen LogP contribution in [0.3, 0.4) is 0 Å². The van der Waals surface area contributed by atoms with E-state index in [1.54, 1.807) is 12.1 Å². The predicted molar refractivity (Wildman–Crippen MR) is 60.9 cm³/mol. The Labute approximate surface area is 90.3 Å². The molecule has 0 amide bonds. The fourth-order valence-corrected chi connectivity index (χ4v) is 1.60. The Morgan fingerprint density at radius 1 is 1.40 bits per heavy atom. The fraction of sp³-hybridized carbons (Fsp3) is 0.385. The number of hydrogen-bond donors (Lipinski definition) is 1. The summed E-state index contributed by atoms with van der Waals surface area (Å²) in [5.41, 5.74) is 1.69. The second-order valence-electron chi connectivity index (χ2n) is 4.56. The zero-order valence-corrected chi connectivity index (χ0v) is 9.42. The van der Waals surface area contributed by atoms with Crippen LogP contribution in [0.2, 0.25) is 0 Å². The fourth-order valence-electron chi connectivity index (χ4n) is 1.60. The van der Waals surface area contributed by atoms with E-state index in [1.165, 1.54) is 12.1 Å². The van der Waals surface area contributed by atoms with Gasteiger partial charge >= 0.3 is 0 Å². The van der Waals surface area contributed by atoms with Gasteiger partial charge in [-0.15, -0.1) is 0 Å². The molecule has 0 bridgehead atoms. The van der Waals surface area contributed by atoms with Crippen molar-refractivity contribution in [1.82, 2.24) is 0 Å². The molecular weight excluding hydrogens is 191 g/mol. The van der Waals surface area contributed by atoms with Crippen molar-refractivity contribution in [3.8, 4) is 0 Å². The van der Waals surface area contributed by atoms with Crippen molar-refractivity contribution in [1.29, 1.82) is 0 Å². The maximum atomic E-state index is 13.1. The highest BCUT2D eigenvalue weighted by molar-refractivity contribution is 5.69. The second kappa shape index (κ2) is 4.58. The van der Waals surface area contributed by atoms with Gasteiger partial charge in [-0.2, -0.15) is 0 Å². The zero-order chi connectivity index (χ0) is 11.5. The van der Waals surface area contributed by atoms with Crippen molar-refractivity contribution >= 4 is 5.57 Å². The summed E-state index contributed by atoms with van der Waals surface area (Å²) < 4.78 is 13.1. The van der Waals surface area contributed by atoms with Crippen LogP contribution in [-0.2, 0) is 0 Å². The molecule has 0 unspecified atom stereocenters. The Bertz CT molecular complexity index is 361. The molecule has 1 N–H and O–H groups in total. The van der Waals surface area contributed by atoms with Gasteiger partial charge in [0, 0.05) is 0 Å². The second-order valence-corrected chi connectivity index (χ2v) is 4.56. The van der Waals surface area contributed by atoms with E-state index in [2.05, 4.69) is 0 Å². The van der Waals surface area contributed by atoms with Gasteiger partial charge in [0.05, 0.1) is 6.61 Å². The summed E-state index contributed by atoms with van der Waals surface area (Å²) >= 11 is 0. The summed E-state index contributed by atoms with van der Waals surface area (Å²) in [6.07, 6.45) is 1.73. The normalized spacial score (nSPS) is 13.0. The first-order valence-corrected chi connectivity index (χ1v) is 5.02. The van der Waals surface area contributed by atoms with Crippen molar-refractivity contribution in [2.24, 2.45) is 5.41 Å². The lowest BCUT2D eigenvalue weighted by atomic mass is 9.82. The lowest BCUT2D eigenvalue weighted by Crippen LogP contribution is -2.09. The quantitative estimate of drug-likeness (QED) is 0.791. The van der Waals surface area contributed by atoms with Gasteiger partial charge in [-0.3, -0.25) is 0 Å². The number of aliphatic hydroxyl groups is 1. The monoisotopic (exact) mass is 208 g/mol. The van der Waals surface area contributed by atoms with Crippen LogP contribution in [0.5, 0.6) is 0 Å². The van der Waals surface area contributed by atoms with Crippen LogP contribution in [0.25, 0.3) is 5.57 Å². The van der Waals surface area contributed by atoms with Gasteiger partial charge in [0.1, 0.15) is 5.82 Å². The highest BCUT2D eigenvalue weighted by Gasteiger charge is 2.18. The average molecular weight is 208 g/mol. The molecule has 0 aromatic heterocycles. The van der Waals surface area contributed by atoms with E-state index in [0.717, 1.165) is 11.1 Å². The number of allylic oxidation sites excluding steroid dienone is 1. The van der Waals surface area contributed by atoms with Gasteiger partial charge in [-0.05, 0) is 28.7 Å². The first-order valence-electron chi connectivity index (χ1n) is 5.02. The van der Waals surface area contributed by atoms with Crippen molar-refractivity contribution in [2.45, 2.75) is 20.8 Å². The molecule has 0 aliphatic carbocycles. The minimum Gasteiger partial charge on any atom is -0.392 e. The molecule has 1 rings (SSSR count). The number of aliphatic hydroxyl groups excluding tert-OH is 1. The Kier molecular flexibility index (Phi) is 3.64. The molecule has 0 radical (unpaired) electrons. The summed E-state index contributed by atoms with van der Waals surface area (Å²) in [5, 5.41) is 8.96. The first-order chi connectivity index (χ1) is 6.95. The van der Waals surface area contributed by atoms with Gasteiger partial charge < -0.3 is 5.11 Å². The summed E-state index contributed by atoms with van der Waals surface area (Å²) in [6.45, 7) is 6.10. The van der Waals surface area contributed by atoms with E-state index < -0.39 is 0 Å². The molecule has 0 aliphatic rings. The van der Waals surface area contributed by atoms with Crippen LogP contribution in [-0.4, -0.2) is 11.7 Å². The molecule has 1 aromatic carbocycles. The third-order valence-corrected chi connectivity index (χ3v) is 2.24.